The van der Waals surface area contributed by atoms with Gasteiger partial charge in [0.15, 0.2) is 17.3 Å². The maximum atomic E-state index is 14.3. The molecule has 0 unspecified atom stereocenters. The van der Waals surface area contributed by atoms with E-state index in [0.717, 1.165) is 4.68 Å². The highest BCUT2D eigenvalue weighted by atomic mass is 31.2. The third-order valence-corrected chi connectivity index (χ3v) is 13.7. The lowest BCUT2D eigenvalue weighted by atomic mass is 9.90. The maximum Gasteiger partial charge on any atom is 0.327 e. The minimum absolute atomic E-state index is 0.0910. The van der Waals surface area contributed by atoms with Gasteiger partial charge >= 0.3 is 21.2 Å². The van der Waals surface area contributed by atoms with Crippen LogP contribution in [0.2, 0.25) is 0 Å². The molecule has 0 aliphatic carbocycles. The number of hydrogen-bond donors (Lipinski definition) is 12. The van der Waals surface area contributed by atoms with Gasteiger partial charge in [-0.15, -0.1) is 10.2 Å². The highest BCUT2D eigenvalue weighted by Crippen LogP contribution is 2.34. The summed E-state index contributed by atoms with van der Waals surface area (Å²) in [6.45, 7) is 6.56. The van der Waals surface area contributed by atoms with E-state index in [0.29, 0.717) is 51.6 Å². The molecule has 0 radical (unpaired) electrons. The summed E-state index contributed by atoms with van der Waals surface area (Å²) in [5, 5.41) is 36.0. The van der Waals surface area contributed by atoms with E-state index in [1.165, 1.54) is 30.9 Å². The molecule has 28 nitrogen and oxygen atoms in total. The van der Waals surface area contributed by atoms with E-state index in [9.17, 15) is 72.2 Å². The molecule has 0 bridgehead atoms. The average molecular weight is 1100 g/mol. The quantitative estimate of drug-likeness (QED) is 0.0277. The largest absolute Gasteiger partial charge is 0.480 e. The summed E-state index contributed by atoms with van der Waals surface area (Å²) in [4.78, 5) is 146. The predicted octanol–water partition coefficient (Wildman–Crippen LogP) is -1.16. The number of ketones is 3. The van der Waals surface area contributed by atoms with Gasteiger partial charge in [-0.3, -0.25) is 52.1 Å². The second kappa shape index (κ2) is 33.1. The summed E-state index contributed by atoms with van der Waals surface area (Å²) < 4.78 is 25.3. The standard InChI is InChI=1S/C45H79N13O15P2/c1-28(2)41(62)50-35(12-6-9-15-47)40(61)24-32(22-33-26-57(55-53-33)17-19-74(68,69)70)44(65)49-30(4)38(59)23-31(11-5-8-14-46)43(64)52-37(25-34-27-58(56-54-34)18-20-75(71,72)73)39(60)21-29(3)42(63)51-36(45(66)67)13-7-10-16-48/h26-32,35-37H,5-25,46-48H2,1-4H3,(H,49,65)(H,50,62)(H,51,63)(H,52,64)(H,66,67)(H2,68,69,70)(H2,71,72,73)/t29-,30+,31-,32-,35+,36+,37+/m1/s1. The van der Waals surface area contributed by atoms with Gasteiger partial charge in [0.25, 0.3) is 0 Å². The van der Waals surface area contributed by atoms with Crippen LogP contribution >= 0.6 is 15.2 Å². The molecule has 0 spiro atoms. The number of carboxylic acid groups (broad SMARTS) is 1. The molecule has 2 aromatic rings. The number of nitrogens with zero attached hydrogens (tertiary/aromatic N) is 6. The van der Waals surface area contributed by atoms with Gasteiger partial charge in [0, 0.05) is 62.3 Å². The monoisotopic (exact) mass is 1100 g/mol. The van der Waals surface area contributed by atoms with Gasteiger partial charge < -0.3 is 63.1 Å². The van der Waals surface area contributed by atoms with E-state index < -0.39 is 142 Å². The number of unbranched alkanes of at least 4 members (excludes halogenated alkanes) is 3. The summed E-state index contributed by atoms with van der Waals surface area (Å²) in [5.74, 6) is -9.58. The predicted molar refractivity (Wildman–Crippen MR) is 271 cm³/mol. The fraction of sp³-hybridized carbons (Fsp3) is 0.733. The number of rotatable bonds is 40. The Morgan fingerprint density at radius 2 is 0.987 bits per heavy atom. The number of aromatic nitrogens is 6. The second-order valence-electron chi connectivity index (χ2n) is 19.2. The fourth-order valence-corrected chi connectivity index (χ4v) is 8.56. The van der Waals surface area contributed by atoms with Crippen molar-refractivity contribution in [3.63, 3.8) is 0 Å². The van der Waals surface area contributed by atoms with Gasteiger partial charge in [0.2, 0.25) is 23.6 Å². The molecule has 7 atom stereocenters. The third-order valence-electron chi connectivity index (χ3n) is 12.2. The molecule has 0 fully saturated rings. The van der Waals surface area contributed by atoms with E-state index in [2.05, 4.69) is 41.9 Å². The van der Waals surface area contributed by atoms with Crippen LogP contribution in [0.15, 0.2) is 12.4 Å². The zero-order valence-corrected chi connectivity index (χ0v) is 45.0. The van der Waals surface area contributed by atoms with Gasteiger partial charge in [0.05, 0.1) is 60.8 Å². The first-order valence-corrected chi connectivity index (χ1v) is 28.8. The number of carboxylic acids is 1. The third kappa shape index (κ3) is 26.4. The lowest BCUT2D eigenvalue weighted by molar-refractivity contribution is -0.143. The first kappa shape index (κ1) is 65.9. The minimum atomic E-state index is -4.42. The van der Waals surface area contributed by atoms with E-state index >= 15 is 0 Å². The molecular weight excluding hydrogens is 1020 g/mol. The highest BCUT2D eigenvalue weighted by Gasteiger charge is 2.34. The van der Waals surface area contributed by atoms with Crippen molar-refractivity contribution in [3.05, 3.63) is 23.8 Å². The first-order chi connectivity index (χ1) is 35.2. The second-order valence-corrected chi connectivity index (χ2v) is 22.8. The Hall–Kier alpha value is -5.18. The van der Waals surface area contributed by atoms with Crippen molar-refractivity contribution in [2.75, 3.05) is 32.0 Å². The topological polar surface area (TPSA) is 459 Å². The number of aryl methyl sites for hydroxylation is 2. The molecular formula is C45H79N13O15P2. The molecule has 15 N–H and O–H groups in total. The summed E-state index contributed by atoms with van der Waals surface area (Å²) in [5.41, 5.74) is 17.3. The number of carbonyl (C=O) groups is 8. The summed E-state index contributed by atoms with van der Waals surface area (Å²) in [6, 6.07) is -4.90. The summed E-state index contributed by atoms with van der Waals surface area (Å²) in [6.07, 6.45) is 2.89. The van der Waals surface area contributed by atoms with Gasteiger partial charge in [-0.2, -0.15) is 0 Å². The molecule has 0 aromatic carbocycles. The Labute approximate surface area is 435 Å². The van der Waals surface area contributed by atoms with Crippen LogP contribution < -0.4 is 38.5 Å². The van der Waals surface area contributed by atoms with Crippen molar-refractivity contribution in [2.24, 2.45) is 40.9 Å². The first-order valence-electron chi connectivity index (χ1n) is 25.2. The van der Waals surface area contributed by atoms with E-state index in [-0.39, 0.29) is 63.1 Å². The molecule has 424 valence electrons. The van der Waals surface area contributed by atoms with Crippen LogP contribution in [0.4, 0.5) is 0 Å². The fourth-order valence-electron chi connectivity index (χ4n) is 7.63. The Balaban J connectivity index is 2.44. The van der Waals surface area contributed by atoms with Crippen LogP contribution in [0, 0.1) is 23.7 Å². The summed E-state index contributed by atoms with van der Waals surface area (Å²) >= 11 is 0. The molecule has 2 rings (SSSR count). The molecule has 0 saturated heterocycles. The Morgan fingerprint density at radius 3 is 1.48 bits per heavy atom. The lowest BCUT2D eigenvalue weighted by Crippen LogP contribution is -2.48. The molecule has 0 aliphatic rings. The van der Waals surface area contributed by atoms with Gasteiger partial charge in [0.1, 0.15) is 6.04 Å². The van der Waals surface area contributed by atoms with Crippen molar-refractivity contribution in [2.45, 2.75) is 155 Å². The summed E-state index contributed by atoms with van der Waals surface area (Å²) in [7, 11) is -8.83. The average Bonchev–Trinajstić information content (AvgIpc) is 3.99. The van der Waals surface area contributed by atoms with Crippen LogP contribution in [0.1, 0.15) is 116 Å². The van der Waals surface area contributed by atoms with Crippen LogP contribution in [-0.2, 0) is 73.4 Å². The number of carbonyl (C=O) groups excluding carboxylic acids is 7. The molecule has 2 aromatic heterocycles. The Morgan fingerprint density at radius 1 is 0.547 bits per heavy atom. The zero-order valence-electron chi connectivity index (χ0n) is 43.3. The smallest absolute Gasteiger partial charge is 0.327 e. The van der Waals surface area contributed by atoms with Crippen molar-refractivity contribution >= 4 is 62.1 Å². The van der Waals surface area contributed by atoms with E-state index in [4.69, 9.17) is 17.2 Å². The van der Waals surface area contributed by atoms with Crippen LogP contribution in [0.3, 0.4) is 0 Å². The number of hydrogen-bond acceptors (Lipinski definition) is 17. The number of nitrogens with two attached hydrogens (primary N) is 3. The zero-order chi connectivity index (χ0) is 56.5. The number of nitrogens with one attached hydrogen (secondary N) is 4. The number of Topliss-reactive ketones (excluding diaryl/α,β-unsaturated/α-hetero) is 3. The van der Waals surface area contributed by atoms with Gasteiger partial charge in [-0.1, -0.05) is 37.6 Å². The highest BCUT2D eigenvalue weighted by molar-refractivity contribution is 7.52. The van der Waals surface area contributed by atoms with Crippen molar-refractivity contribution in [1.29, 1.82) is 0 Å². The molecule has 4 amide bonds. The van der Waals surface area contributed by atoms with Crippen molar-refractivity contribution < 1.29 is 72.2 Å². The Kier molecular flexibility index (Phi) is 29.1. The number of amides is 4. The lowest BCUT2D eigenvalue weighted by Gasteiger charge is -2.25. The maximum absolute atomic E-state index is 14.3. The van der Waals surface area contributed by atoms with Crippen LogP contribution in [0.25, 0.3) is 0 Å². The molecule has 30 heteroatoms. The Bertz CT molecular complexity index is 2290. The molecule has 75 heavy (non-hydrogen) atoms. The molecule has 0 aliphatic heterocycles. The van der Waals surface area contributed by atoms with E-state index in [1.54, 1.807) is 13.8 Å². The molecule has 2 heterocycles. The van der Waals surface area contributed by atoms with E-state index in [1.807, 2.05) is 0 Å². The van der Waals surface area contributed by atoms with Gasteiger partial charge in [-0.25, -0.2) is 4.79 Å². The number of aliphatic carboxylic acids is 1. The van der Waals surface area contributed by atoms with Gasteiger partial charge in [-0.05, 0) is 77.9 Å². The van der Waals surface area contributed by atoms with Crippen molar-refractivity contribution in [3.8, 4) is 0 Å². The van der Waals surface area contributed by atoms with Crippen LogP contribution in [0.5, 0.6) is 0 Å². The molecule has 0 saturated carbocycles. The normalized spacial score (nSPS) is 14.7. The SMILES string of the molecule is CC(C)C(=O)N[C@@H](CCCCN)C(=O)C[C@@H](Cc1cn(CCP(=O)(O)O)nn1)C(=O)N[C@@H](C)C(=O)C[C@@H](CCCCN)C(=O)N[C@@H](Cc1cn(CCP(=O)(O)O)nn1)C(=O)C[C@@H](C)C(=O)N[C@@H](CCCCN)C(=O)O. The van der Waals surface area contributed by atoms with Crippen LogP contribution in [-0.4, -0.2) is 158 Å². The van der Waals surface area contributed by atoms with Crippen molar-refractivity contribution in [1.82, 2.24) is 51.3 Å². The minimum Gasteiger partial charge on any atom is -0.480 e.